The lowest BCUT2D eigenvalue weighted by Crippen LogP contribution is -2.46. The van der Waals surface area contributed by atoms with Crippen LogP contribution in [-0.2, 0) is 16.8 Å². The third kappa shape index (κ3) is 6.49. The highest BCUT2D eigenvalue weighted by atomic mass is 79.9. The number of halogens is 3. The summed E-state index contributed by atoms with van der Waals surface area (Å²) in [6.07, 6.45) is 1.19. The third-order valence-corrected chi connectivity index (χ3v) is 12.6. The first-order valence-electron chi connectivity index (χ1n) is 12.9. The number of hydrogen-bond acceptors (Lipinski definition) is 6. The summed E-state index contributed by atoms with van der Waals surface area (Å²) in [5.41, 5.74) is -1.47. The number of hydrogen-bond donors (Lipinski definition) is 1. The average Bonchev–Trinajstić information content (AvgIpc) is 3.34. The summed E-state index contributed by atoms with van der Waals surface area (Å²) in [5, 5.41) is 19.9. The van der Waals surface area contributed by atoms with Crippen molar-refractivity contribution in [3.05, 3.63) is 40.2 Å². The van der Waals surface area contributed by atoms with Crippen molar-refractivity contribution in [1.29, 1.82) is 0 Å². The van der Waals surface area contributed by atoms with E-state index >= 15 is 8.78 Å². The smallest absolute Gasteiger partial charge is 0.415 e. The Morgan fingerprint density at radius 3 is 2.62 bits per heavy atom. The topological polar surface area (TPSA) is 92.8 Å². The number of amidine groups is 1. The maximum atomic E-state index is 15.3. The van der Waals surface area contributed by atoms with Gasteiger partial charge in [0.1, 0.15) is 32.8 Å². The Morgan fingerprint density at radius 1 is 1.31 bits per heavy atom. The van der Waals surface area contributed by atoms with E-state index in [1.165, 1.54) is 17.8 Å². The minimum atomic E-state index is -1.71. The number of thioether (sulfide) groups is 1. The zero-order valence-corrected chi connectivity index (χ0v) is 27.6. The standard InChI is InChI=1S/C25H36BrF2N5O3SSi2/c1-38(2,3)10-9-36-16-33(23(34)35)22-29-25(14-27,18-11-17(26)7-8-19(18)28)20-12-24(20,37-22)15-32-13-21(30-31-32)39(4,5)6/h7-8,11,13,20H,9-10,12,14-16H2,1-6H3,(H,34,35)/t20-,24-,25-/m1/s1. The van der Waals surface area contributed by atoms with E-state index in [0.717, 1.165) is 16.3 Å². The molecule has 14 heteroatoms. The summed E-state index contributed by atoms with van der Waals surface area (Å²) in [6.45, 7) is 12.7. The fourth-order valence-corrected chi connectivity index (χ4v) is 8.37. The molecule has 2 heterocycles. The van der Waals surface area contributed by atoms with Gasteiger partial charge in [0.25, 0.3) is 0 Å². The summed E-state index contributed by atoms with van der Waals surface area (Å²) in [7, 11) is -3.10. The van der Waals surface area contributed by atoms with Gasteiger partial charge in [0, 0.05) is 41.6 Å². The number of ether oxygens (including phenoxy) is 1. The average molecular weight is 661 g/mol. The summed E-state index contributed by atoms with van der Waals surface area (Å²) in [6, 6.07) is 5.25. The van der Waals surface area contributed by atoms with E-state index in [0.29, 0.717) is 24.0 Å². The number of nitrogens with zero attached hydrogens (tertiary/aromatic N) is 5. The summed E-state index contributed by atoms with van der Waals surface area (Å²) >= 11 is 4.67. The van der Waals surface area contributed by atoms with E-state index in [1.807, 2.05) is 6.20 Å². The van der Waals surface area contributed by atoms with Gasteiger partial charge in [0.15, 0.2) is 5.17 Å². The van der Waals surface area contributed by atoms with Gasteiger partial charge in [-0.1, -0.05) is 72.2 Å². The van der Waals surface area contributed by atoms with Crippen molar-refractivity contribution >= 4 is 60.4 Å². The molecule has 0 radical (unpaired) electrons. The molecule has 0 bridgehead atoms. The molecular formula is C25H36BrF2N5O3SSi2. The van der Waals surface area contributed by atoms with Crippen LogP contribution in [-0.4, -0.2) is 77.2 Å². The van der Waals surface area contributed by atoms with Gasteiger partial charge in [-0.15, -0.1) is 5.10 Å². The van der Waals surface area contributed by atoms with Crippen molar-refractivity contribution in [3.63, 3.8) is 0 Å². The number of aromatic nitrogens is 3. The molecule has 8 nitrogen and oxygen atoms in total. The Labute approximate surface area is 242 Å². The first-order chi connectivity index (χ1) is 18.1. The van der Waals surface area contributed by atoms with Crippen molar-refractivity contribution < 1.29 is 23.4 Å². The highest BCUT2D eigenvalue weighted by Crippen LogP contribution is 2.67. The van der Waals surface area contributed by atoms with Crippen LogP contribution >= 0.6 is 27.7 Å². The fourth-order valence-electron chi connectivity index (χ4n) is 4.77. The SMILES string of the molecule is C[Si](C)(C)CCOCN(C(=O)O)C1=N[C@](CF)(c2cc(Br)ccc2F)[C@@H]2C[C@]2(Cn2cc([Si](C)(C)C)nn2)S1. The van der Waals surface area contributed by atoms with E-state index in [2.05, 4.69) is 70.5 Å². The van der Waals surface area contributed by atoms with Gasteiger partial charge >= 0.3 is 6.09 Å². The first kappa shape index (κ1) is 30.3. The van der Waals surface area contributed by atoms with Crippen LogP contribution in [0.5, 0.6) is 0 Å². The van der Waals surface area contributed by atoms with Crippen LogP contribution in [0.4, 0.5) is 13.6 Å². The van der Waals surface area contributed by atoms with Crippen LogP contribution in [0.3, 0.4) is 0 Å². The van der Waals surface area contributed by atoms with Gasteiger partial charge in [0.2, 0.25) is 0 Å². The molecular weight excluding hydrogens is 624 g/mol. The third-order valence-electron chi connectivity index (χ3n) is 7.20. The highest BCUT2D eigenvalue weighted by Gasteiger charge is 2.69. The largest absolute Gasteiger partial charge is 0.465 e. The van der Waals surface area contributed by atoms with Gasteiger partial charge < -0.3 is 9.84 Å². The Morgan fingerprint density at radius 2 is 2.03 bits per heavy atom. The summed E-state index contributed by atoms with van der Waals surface area (Å²) < 4.78 is 38.0. The van der Waals surface area contributed by atoms with Gasteiger partial charge in [0.05, 0.1) is 11.9 Å². The van der Waals surface area contributed by atoms with Crippen LogP contribution in [0.15, 0.2) is 33.9 Å². The molecule has 1 aromatic heterocycles. The summed E-state index contributed by atoms with van der Waals surface area (Å²) in [5.74, 6) is -0.947. The minimum absolute atomic E-state index is 0.104. The predicted molar refractivity (Wildman–Crippen MR) is 159 cm³/mol. The first-order valence-corrected chi connectivity index (χ1v) is 21.7. The number of fused-ring (bicyclic) bond motifs is 1. The molecule has 1 amide bonds. The Bertz CT molecular complexity index is 1270. The van der Waals surface area contributed by atoms with Gasteiger partial charge in [-0.3, -0.25) is 4.68 Å². The van der Waals surface area contributed by atoms with Crippen molar-refractivity contribution in [2.24, 2.45) is 10.9 Å². The second kappa shape index (κ2) is 11.0. The van der Waals surface area contributed by atoms with Crippen molar-refractivity contribution in [2.75, 3.05) is 20.0 Å². The number of alkyl halides is 1. The van der Waals surface area contributed by atoms with Crippen molar-refractivity contribution in [2.45, 2.75) is 68.6 Å². The molecule has 1 saturated carbocycles. The molecule has 1 N–H and O–H groups in total. The van der Waals surface area contributed by atoms with E-state index in [1.54, 1.807) is 16.8 Å². The Hall–Kier alpha value is -1.62. The lowest BCUT2D eigenvalue weighted by molar-refractivity contribution is 0.0699. The van der Waals surface area contributed by atoms with E-state index in [-0.39, 0.29) is 23.4 Å². The molecule has 4 rings (SSSR count). The van der Waals surface area contributed by atoms with E-state index < -0.39 is 45.0 Å². The zero-order valence-electron chi connectivity index (χ0n) is 23.2. The number of benzene rings is 1. The second-order valence-electron chi connectivity index (χ2n) is 12.6. The van der Waals surface area contributed by atoms with Crippen molar-refractivity contribution in [3.8, 4) is 0 Å². The Kier molecular flexibility index (Phi) is 8.55. The summed E-state index contributed by atoms with van der Waals surface area (Å²) in [4.78, 5) is 18.1. The molecule has 1 fully saturated rings. The van der Waals surface area contributed by atoms with Gasteiger partial charge in [-0.25, -0.2) is 23.5 Å². The second-order valence-corrected chi connectivity index (χ2v) is 25.5. The van der Waals surface area contributed by atoms with Crippen LogP contribution in [0.2, 0.25) is 45.3 Å². The Balaban J connectivity index is 1.73. The monoisotopic (exact) mass is 659 g/mol. The van der Waals surface area contributed by atoms with Crippen molar-refractivity contribution in [1.82, 2.24) is 19.9 Å². The number of rotatable bonds is 10. The van der Waals surface area contributed by atoms with Crippen LogP contribution in [0.25, 0.3) is 0 Å². The molecule has 1 aromatic carbocycles. The van der Waals surface area contributed by atoms with Gasteiger partial charge in [-0.05, 0) is 30.7 Å². The normalized spacial score (nSPS) is 24.7. The molecule has 3 atom stereocenters. The molecule has 39 heavy (non-hydrogen) atoms. The van der Waals surface area contributed by atoms with Crippen LogP contribution in [0.1, 0.15) is 12.0 Å². The van der Waals surface area contributed by atoms with Crippen LogP contribution < -0.4 is 5.32 Å². The molecule has 1 aliphatic heterocycles. The number of amides is 1. The molecule has 0 spiro atoms. The fraction of sp³-hybridized carbons (Fsp3) is 0.600. The quantitative estimate of drug-likeness (QED) is 0.199. The molecule has 2 aromatic rings. The predicted octanol–water partition coefficient (Wildman–Crippen LogP) is 5.74. The van der Waals surface area contributed by atoms with E-state index in [9.17, 15) is 9.90 Å². The number of aliphatic imine (C=N–C) groups is 1. The van der Waals surface area contributed by atoms with Gasteiger partial charge in [-0.2, -0.15) is 0 Å². The molecule has 1 aliphatic carbocycles. The number of carboxylic acid groups (broad SMARTS) is 1. The highest BCUT2D eigenvalue weighted by molar-refractivity contribution is 9.10. The maximum Gasteiger partial charge on any atom is 0.415 e. The molecule has 0 unspecified atom stereocenters. The molecule has 214 valence electrons. The molecule has 0 saturated heterocycles. The minimum Gasteiger partial charge on any atom is -0.465 e. The maximum absolute atomic E-state index is 15.3. The zero-order chi connectivity index (χ0) is 28.8. The number of carbonyl (C=O) groups is 1. The van der Waals surface area contributed by atoms with E-state index in [4.69, 9.17) is 4.74 Å². The molecule has 2 aliphatic rings. The lowest BCUT2D eigenvalue weighted by Gasteiger charge is -2.38. The van der Waals surface area contributed by atoms with Crippen LogP contribution in [0, 0.1) is 11.7 Å². The lowest BCUT2D eigenvalue weighted by atomic mass is 9.85.